The maximum absolute atomic E-state index is 12.7. The molecular weight excluding hydrogens is 422 g/mol. The van der Waals surface area contributed by atoms with Crippen LogP contribution < -0.4 is 9.47 Å². The molecule has 0 radical (unpaired) electrons. The molecule has 3 heterocycles. The summed E-state index contributed by atoms with van der Waals surface area (Å²) in [5, 5.41) is 9.37. The lowest BCUT2D eigenvalue weighted by Crippen LogP contribution is -2.39. The summed E-state index contributed by atoms with van der Waals surface area (Å²) in [6, 6.07) is 20.2. The van der Waals surface area contributed by atoms with Gasteiger partial charge in [0, 0.05) is 18.7 Å². The Balaban J connectivity index is 1.10. The van der Waals surface area contributed by atoms with Gasteiger partial charge >= 0.3 is 0 Å². The summed E-state index contributed by atoms with van der Waals surface area (Å²) in [7, 11) is 0. The van der Waals surface area contributed by atoms with Crippen molar-refractivity contribution in [1.82, 2.24) is 15.1 Å². The molecule has 2 aromatic carbocycles. The predicted molar refractivity (Wildman–Crippen MR) is 124 cm³/mol. The number of piperidine rings is 1. The molecule has 3 aromatic rings. The van der Waals surface area contributed by atoms with Crippen LogP contribution >= 0.6 is 11.8 Å². The molecule has 2 aliphatic heterocycles. The fourth-order valence-electron chi connectivity index (χ4n) is 4.17. The number of thioether (sulfide) groups is 1. The number of benzene rings is 2. The smallest absolute Gasteiger partial charge is 0.232 e. The van der Waals surface area contributed by atoms with Gasteiger partial charge in [-0.1, -0.05) is 42.1 Å². The molecule has 164 valence electrons. The van der Waals surface area contributed by atoms with Crippen LogP contribution in [-0.4, -0.2) is 46.6 Å². The van der Waals surface area contributed by atoms with Gasteiger partial charge in [0.15, 0.2) is 11.5 Å². The first-order valence-electron chi connectivity index (χ1n) is 10.9. The number of hydrogen-bond donors (Lipinski definition) is 0. The summed E-state index contributed by atoms with van der Waals surface area (Å²) in [5.74, 6) is 2.69. The number of likely N-dealkylation sites (tertiary alicyclic amines) is 1. The molecule has 0 unspecified atom stereocenters. The Morgan fingerprint density at radius 2 is 1.78 bits per heavy atom. The lowest BCUT2D eigenvalue weighted by Gasteiger charge is -2.32. The first-order chi connectivity index (χ1) is 15.7. The van der Waals surface area contributed by atoms with Crippen LogP contribution in [0.5, 0.6) is 11.5 Å². The van der Waals surface area contributed by atoms with Crippen molar-refractivity contribution in [3.05, 3.63) is 66.2 Å². The summed E-state index contributed by atoms with van der Waals surface area (Å²) in [6.07, 6.45) is 3.23. The van der Waals surface area contributed by atoms with Crippen LogP contribution in [0.15, 0.2) is 65.7 Å². The van der Waals surface area contributed by atoms with Crippen molar-refractivity contribution >= 4 is 17.7 Å². The second-order valence-electron chi connectivity index (χ2n) is 8.13. The van der Waals surface area contributed by atoms with Crippen LogP contribution in [0.2, 0.25) is 0 Å². The van der Waals surface area contributed by atoms with E-state index in [1.165, 1.54) is 17.3 Å². The molecule has 0 aliphatic carbocycles. The van der Waals surface area contributed by atoms with E-state index in [-0.39, 0.29) is 12.7 Å². The monoisotopic (exact) mass is 447 g/mol. The third-order valence-corrected chi connectivity index (χ3v) is 6.89. The van der Waals surface area contributed by atoms with Crippen molar-refractivity contribution in [3.8, 4) is 22.8 Å². The third kappa shape index (κ3) is 4.88. The van der Waals surface area contributed by atoms with E-state index in [0.29, 0.717) is 11.7 Å². The van der Waals surface area contributed by atoms with E-state index in [9.17, 15) is 4.79 Å². The van der Waals surface area contributed by atoms with Crippen LogP contribution in [0.4, 0.5) is 0 Å². The van der Waals surface area contributed by atoms with Gasteiger partial charge in [-0.3, -0.25) is 4.79 Å². The van der Waals surface area contributed by atoms with Crippen LogP contribution in [0.1, 0.15) is 18.4 Å². The molecule has 5 rings (SSSR count). The number of carbonyl (C=O) groups excluding carboxylic acids is 1. The number of nitrogens with zero attached hydrogens (tertiary/aromatic N) is 3. The minimum atomic E-state index is 0.176. The third-order valence-electron chi connectivity index (χ3n) is 5.99. The Kier molecular flexibility index (Phi) is 6.25. The van der Waals surface area contributed by atoms with Crippen LogP contribution in [0.3, 0.4) is 0 Å². The minimum Gasteiger partial charge on any atom is -0.454 e. The van der Waals surface area contributed by atoms with E-state index < -0.39 is 0 Å². The first kappa shape index (κ1) is 20.8. The molecule has 1 saturated heterocycles. The van der Waals surface area contributed by atoms with E-state index in [4.69, 9.17) is 9.47 Å². The van der Waals surface area contributed by atoms with Gasteiger partial charge in [0.05, 0.1) is 11.4 Å². The summed E-state index contributed by atoms with van der Waals surface area (Å²) in [6.45, 7) is 1.93. The highest BCUT2D eigenvalue weighted by atomic mass is 32.2. The zero-order valence-corrected chi connectivity index (χ0v) is 18.6. The van der Waals surface area contributed by atoms with Crippen molar-refractivity contribution in [2.75, 3.05) is 25.6 Å². The van der Waals surface area contributed by atoms with Gasteiger partial charge in [-0.05, 0) is 61.1 Å². The van der Waals surface area contributed by atoms with E-state index in [2.05, 4.69) is 40.5 Å². The van der Waals surface area contributed by atoms with E-state index in [1.54, 1.807) is 0 Å². The largest absolute Gasteiger partial charge is 0.454 e. The van der Waals surface area contributed by atoms with Crippen LogP contribution in [0.25, 0.3) is 11.3 Å². The Bertz CT molecular complexity index is 1070. The fraction of sp³-hybridized carbons (Fsp3) is 0.320. The second-order valence-corrected chi connectivity index (χ2v) is 9.12. The number of hydrogen-bond acceptors (Lipinski definition) is 6. The highest BCUT2D eigenvalue weighted by molar-refractivity contribution is 7.99. The van der Waals surface area contributed by atoms with Crippen LogP contribution in [-0.2, 0) is 11.2 Å². The Morgan fingerprint density at radius 3 is 2.56 bits per heavy atom. The minimum absolute atomic E-state index is 0.176. The summed E-state index contributed by atoms with van der Waals surface area (Å²) in [5.41, 5.74) is 3.07. The topological polar surface area (TPSA) is 64.5 Å². The lowest BCUT2D eigenvalue weighted by molar-refractivity contribution is -0.129. The standard InChI is InChI=1S/C25H25N3O3S/c29-25(28-12-10-19(11-13-28)14-18-4-2-1-3-5-18)16-32-24-9-7-21(26-27-24)20-6-8-22-23(15-20)31-17-30-22/h1-9,15,19H,10-14,16-17H2. The molecule has 7 heteroatoms. The average molecular weight is 448 g/mol. The molecule has 6 nitrogen and oxygen atoms in total. The molecular formula is C25H25N3O3S. The van der Waals surface area contributed by atoms with Gasteiger partial charge in [-0.2, -0.15) is 0 Å². The highest BCUT2D eigenvalue weighted by Crippen LogP contribution is 2.35. The van der Waals surface area contributed by atoms with E-state index in [0.717, 1.165) is 60.1 Å². The quantitative estimate of drug-likeness (QED) is 0.521. The number of ether oxygens (including phenoxy) is 2. The van der Waals surface area contributed by atoms with Gasteiger partial charge in [-0.25, -0.2) is 0 Å². The van der Waals surface area contributed by atoms with Gasteiger partial charge in [0.2, 0.25) is 12.7 Å². The van der Waals surface area contributed by atoms with Crippen molar-refractivity contribution in [1.29, 1.82) is 0 Å². The van der Waals surface area contributed by atoms with Gasteiger partial charge in [0.25, 0.3) is 0 Å². The Labute approximate surface area is 191 Å². The Hall–Kier alpha value is -3.06. The normalized spacial score (nSPS) is 15.7. The van der Waals surface area contributed by atoms with Gasteiger partial charge < -0.3 is 14.4 Å². The first-order valence-corrected chi connectivity index (χ1v) is 11.9. The number of aromatic nitrogens is 2. The number of amides is 1. The van der Waals surface area contributed by atoms with Crippen molar-refractivity contribution in [2.45, 2.75) is 24.3 Å². The molecule has 0 spiro atoms. The number of fused-ring (bicyclic) bond motifs is 1. The highest BCUT2D eigenvalue weighted by Gasteiger charge is 2.23. The zero-order chi connectivity index (χ0) is 21.8. The zero-order valence-electron chi connectivity index (χ0n) is 17.8. The maximum Gasteiger partial charge on any atom is 0.232 e. The van der Waals surface area contributed by atoms with Crippen molar-refractivity contribution in [2.24, 2.45) is 5.92 Å². The van der Waals surface area contributed by atoms with Crippen LogP contribution in [0, 0.1) is 5.92 Å². The number of rotatable bonds is 6. The SMILES string of the molecule is O=C(CSc1ccc(-c2ccc3c(c2)OCO3)nn1)N1CCC(Cc2ccccc2)CC1. The molecule has 0 N–H and O–H groups in total. The predicted octanol–water partition coefficient (Wildman–Crippen LogP) is 4.45. The second kappa shape index (κ2) is 9.61. The average Bonchev–Trinajstić information content (AvgIpc) is 3.32. The molecule has 1 aromatic heterocycles. The molecule has 2 aliphatic rings. The maximum atomic E-state index is 12.7. The molecule has 1 fully saturated rings. The summed E-state index contributed by atoms with van der Waals surface area (Å²) in [4.78, 5) is 14.7. The number of carbonyl (C=O) groups is 1. The summed E-state index contributed by atoms with van der Waals surface area (Å²) < 4.78 is 10.8. The van der Waals surface area contributed by atoms with Crippen molar-refractivity contribution < 1.29 is 14.3 Å². The Morgan fingerprint density at radius 1 is 0.969 bits per heavy atom. The van der Waals surface area contributed by atoms with Gasteiger partial charge in [0.1, 0.15) is 5.03 Å². The molecule has 0 saturated carbocycles. The van der Waals surface area contributed by atoms with E-state index in [1.807, 2.05) is 35.2 Å². The lowest BCUT2D eigenvalue weighted by atomic mass is 9.90. The van der Waals surface area contributed by atoms with Crippen molar-refractivity contribution in [3.63, 3.8) is 0 Å². The fourth-order valence-corrected chi connectivity index (χ4v) is 4.88. The molecule has 32 heavy (non-hydrogen) atoms. The molecule has 1 amide bonds. The van der Waals surface area contributed by atoms with E-state index >= 15 is 0 Å². The van der Waals surface area contributed by atoms with Gasteiger partial charge in [-0.15, -0.1) is 10.2 Å². The molecule has 0 atom stereocenters. The molecule has 0 bridgehead atoms. The summed E-state index contributed by atoms with van der Waals surface area (Å²) >= 11 is 1.44.